The zero-order chi connectivity index (χ0) is 36.6. The van der Waals surface area contributed by atoms with Crippen molar-refractivity contribution in [1.82, 2.24) is 14.5 Å². The average Bonchev–Trinajstić information content (AvgIpc) is 3.08. The van der Waals surface area contributed by atoms with Crippen molar-refractivity contribution >= 4 is 45.7 Å². The summed E-state index contributed by atoms with van der Waals surface area (Å²) in [6, 6.07) is 5.95. The molecule has 1 saturated heterocycles. The molecule has 1 saturated carbocycles. The van der Waals surface area contributed by atoms with E-state index in [-0.39, 0.29) is 81.4 Å². The van der Waals surface area contributed by atoms with Crippen molar-refractivity contribution in [2.75, 3.05) is 30.0 Å². The van der Waals surface area contributed by atoms with E-state index in [1.54, 1.807) is 28.1 Å². The predicted octanol–water partition coefficient (Wildman–Crippen LogP) is 7.16. The first-order valence-corrected chi connectivity index (χ1v) is 17.6. The van der Waals surface area contributed by atoms with Gasteiger partial charge in [0.15, 0.2) is 5.82 Å². The van der Waals surface area contributed by atoms with Gasteiger partial charge >= 0.3 is 0 Å². The van der Waals surface area contributed by atoms with E-state index in [1.807, 2.05) is 32.6 Å². The zero-order valence-electron chi connectivity index (χ0n) is 29.5. The van der Waals surface area contributed by atoms with Gasteiger partial charge in [0, 0.05) is 35.8 Å². The van der Waals surface area contributed by atoms with Gasteiger partial charge in [-0.3, -0.25) is 23.9 Å². The van der Waals surface area contributed by atoms with Crippen LogP contribution in [-0.4, -0.2) is 64.6 Å². The molecule has 9 nitrogen and oxygen atoms in total. The van der Waals surface area contributed by atoms with Crippen LogP contribution < -0.4 is 20.1 Å². The molecule has 4 heterocycles. The Morgan fingerprint density at radius 1 is 1.08 bits per heavy atom. The summed E-state index contributed by atoms with van der Waals surface area (Å²) >= 11 is 6.99. The summed E-state index contributed by atoms with van der Waals surface area (Å²) in [7, 11) is 1.36. The number of methoxy groups -OCH3 is 1. The first-order valence-electron chi connectivity index (χ1n) is 17.2. The van der Waals surface area contributed by atoms with Crippen molar-refractivity contribution in [3.05, 3.63) is 87.5 Å². The standard InChI is InChI=1S/C39H40ClF2N5O4/c1-8-29(48)44-18-27-38(49)46(23-14-20(4)15-23)37-36(45(27)17-22(44)6)24-16-25(40)30(31-26(41)10-9-11-28(31)51-7)32(42)35(24)47(39(37)50)34-21(5)12-13-43-33(34)19(2)3/h8-13,16,19-20,22-23,27H,1,14-15,17-18H2,2-7H3/t20?,22-,23?,27-/m1/s1. The van der Waals surface area contributed by atoms with E-state index in [0.717, 1.165) is 0 Å². The third-order valence-corrected chi connectivity index (χ3v) is 10.9. The van der Waals surface area contributed by atoms with Crippen LogP contribution in [0.2, 0.25) is 5.02 Å². The minimum absolute atomic E-state index is 0.0492. The number of nitrogens with zero attached hydrogens (tertiary/aromatic N) is 5. The zero-order valence-corrected chi connectivity index (χ0v) is 30.2. The quantitative estimate of drug-likeness (QED) is 0.197. The fraction of sp³-hybridized carbons (Fsp3) is 0.385. The van der Waals surface area contributed by atoms with E-state index in [2.05, 4.69) is 18.5 Å². The number of aromatic nitrogens is 2. The van der Waals surface area contributed by atoms with Crippen LogP contribution in [0.4, 0.5) is 20.2 Å². The van der Waals surface area contributed by atoms with Gasteiger partial charge in [0.2, 0.25) is 5.91 Å². The third-order valence-electron chi connectivity index (χ3n) is 10.6. The summed E-state index contributed by atoms with van der Waals surface area (Å²) in [5, 5.41) is 0.170. The highest BCUT2D eigenvalue weighted by Crippen LogP contribution is 2.50. The van der Waals surface area contributed by atoms with Crippen molar-refractivity contribution in [2.24, 2.45) is 5.92 Å². The van der Waals surface area contributed by atoms with E-state index in [1.165, 1.54) is 36.0 Å². The van der Waals surface area contributed by atoms with E-state index in [9.17, 15) is 9.59 Å². The number of carbonyl (C=O) groups excluding carboxylic acids is 2. The molecule has 2 aromatic heterocycles. The molecule has 51 heavy (non-hydrogen) atoms. The molecule has 7 rings (SSSR count). The average molecular weight is 716 g/mol. The van der Waals surface area contributed by atoms with Crippen LogP contribution in [0.5, 0.6) is 5.75 Å². The number of amides is 2. The number of piperazine rings is 1. The van der Waals surface area contributed by atoms with Crippen LogP contribution >= 0.6 is 11.6 Å². The Labute approximate surface area is 300 Å². The molecule has 0 N–H and O–H groups in total. The summed E-state index contributed by atoms with van der Waals surface area (Å²) in [5.74, 6) is -2.08. The lowest BCUT2D eigenvalue weighted by molar-refractivity contribution is -0.131. The maximum Gasteiger partial charge on any atom is 0.281 e. The number of hydrogen-bond acceptors (Lipinski definition) is 6. The monoisotopic (exact) mass is 715 g/mol. The number of benzene rings is 2. The summed E-state index contributed by atoms with van der Waals surface area (Å²) in [5.41, 5.74) is 0.885. The fourth-order valence-corrected chi connectivity index (χ4v) is 8.45. The fourth-order valence-electron chi connectivity index (χ4n) is 8.16. The molecule has 4 aromatic rings. The van der Waals surface area contributed by atoms with Crippen LogP contribution in [0.1, 0.15) is 57.7 Å². The Balaban J connectivity index is 1.66. The maximum absolute atomic E-state index is 17.8. The van der Waals surface area contributed by atoms with Crippen molar-refractivity contribution in [3.63, 3.8) is 0 Å². The molecule has 3 aliphatic rings. The highest BCUT2D eigenvalue weighted by Gasteiger charge is 2.50. The highest BCUT2D eigenvalue weighted by atomic mass is 35.5. The summed E-state index contributed by atoms with van der Waals surface area (Å²) in [6.45, 7) is 13.5. The smallest absolute Gasteiger partial charge is 0.281 e. The summed E-state index contributed by atoms with van der Waals surface area (Å²) in [4.78, 5) is 52.7. The predicted molar refractivity (Wildman–Crippen MR) is 195 cm³/mol. The Morgan fingerprint density at radius 3 is 2.45 bits per heavy atom. The minimum atomic E-state index is -0.926. The molecular weight excluding hydrogens is 676 g/mol. The second-order valence-electron chi connectivity index (χ2n) is 14.3. The van der Waals surface area contributed by atoms with Gasteiger partial charge in [-0.25, -0.2) is 8.78 Å². The van der Waals surface area contributed by atoms with Gasteiger partial charge in [0.05, 0.1) is 46.8 Å². The molecule has 2 amide bonds. The molecular formula is C39H40ClF2N5O4. The molecule has 12 heteroatoms. The normalized spacial score (nSPS) is 21.5. The van der Waals surface area contributed by atoms with E-state index in [0.29, 0.717) is 41.4 Å². The van der Waals surface area contributed by atoms with Crippen LogP contribution in [0.15, 0.2) is 54.0 Å². The number of aryl methyl sites for hydroxylation is 1. The number of halogens is 3. The van der Waals surface area contributed by atoms with Crippen molar-refractivity contribution in [1.29, 1.82) is 0 Å². The summed E-state index contributed by atoms with van der Waals surface area (Å²) in [6.07, 6.45) is 4.21. The van der Waals surface area contributed by atoms with Crippen LogP contribution in [0, 0.1) is 24.5 Å². The largest absolute Gasteiger partial charge is 0.496 e. The van der Waals surface area contributed by atoms with Gasteiger partial charge in [-0.05, 0) is 74.4 Å². The Kier molecular flexibility index (Phi) is 8.68. The van der Waals surface area contributed by atoms with Crippen molar-refractivity contribution < 1.29 is 23.1 Å². The number of ether oxygens (including phenoxy) is 1. The molecule has 0 spiro atoms. The molecule has 1 aliphatic carbocycles. The molecule has 2 atom stereocenters. The molecule has 0 bridgehead atoms. The SMILES string of the molecule is C=CC(=O)N1C[C@@H]2C(=O)N(C3CC(C)C3)c3c(c4cc(Cl)c(-c5c(F)cccc5OC)c(F)c4n(-c4c(C)ccnc4C(C)C)c3=O)N2C[C@H]1C. The Morgan fingerprint density at radius 2 is 1.80 bits per heavy atom. The lowest BCUT2D eigenvalue weighted by Crippen LogP contribution is -2.68. The van der Waals surface area contributed by atoms with Crippen molar-refractivity contribution in [3.8, 4) is 22.6 Å². The number of pyridine rings is 2. The molecule has 0 radical (unpaired) electrons. The maximum atomic E-state index is 17.8. The number of fused-ring (bicyclic) bond motifs is 5. The molecule has 266 valence electrons. The van der Waals surface area contributed by atoms with Crippen LogP contribution in [-0.2, 0) is 9.59 Å². The molecule has 0 unspecified atom stereocenters. The number of hydrogen-bond donors (Lipinski definition) is 0. The lowest BCUT2D eigenvalue weighted by Gasteiger charge is -2.53. The Bertz CT molecular complexity index is 2200. The molecule has 2 aliphatic heterocycles. The number of rotatable bonds is 6. The molecule has 2 aromatic carbocycles. The topological polar surface area (TPSA) is 88.0 Å². The lowest BCUT2D eigenvalue weighted by atomic mass is 9.79. The first kappa shape index (κ1) is 34.7. The highest BCUT2D eigenvalue weighted by molar-refractivity contribution is 6.35. The van der Waals surface area contributed by atoms with Gasteiger partial charge in [-0.1, -0.05) is 45.0 Å². The first-order chi connectivity index (χ1) is 24.3. The second-order valence-corrected chi connectivity index (χ2v) is 14.7. The molecule has 2 fully saturated rings. The van der Waals surface area contributed by atoms with Crippen LogP contribution in [0.25, 0.3) is 27.7 Å². The van der Waals surface area contributed by atoms with Gasteiger partial charge in [-0.2, -0.15) is 0 Å². The minimum Gasteiger partial charge on any atom is -0.496 e. The van der Waals surface area contributed by atoms with E-state index >= 15 is 13.6 Å². The summed E-state index contributed by atoms with van der Waals surface area (Å²) < 4.78 is 40.2. The Hall–Kier alpha value is -4.77. The second kappa shape index (κ2) is 12.8. The van der Waals surface area contributed by atoms with Crippen LogP contribution in [0.3, 0.4) is 0 Å². The van der Waals surface area contributed by atoms with Gasteiger partial charge in [0.1, 0.15) is 23.3 Å². The van der Waals surface area contributed by atoms with E-state index in [4.69, 9.17) is 16.3 Å². The van der Waals surface area contributed by atoms with Gasteiger partial charge in [0.25, 0.3) is 11.5 Å². The van der Waals surface area contributed by atoms with Gasteiger partial charge < -0.3 is 19.4 Å². The number of carbonyl (C=O) groups is 2. The van der Waals surface area contributed by atoms with E-state index < -0.39 is 23.2 Å². The van der Waals surface area contributed by atoms with Gasteiger partial charge in [-0.15, -0.1) is 0 Å². The number of anilines is 2. The third kappa shape index (κ3) is 5.22. The van der Waals surface area contributed by atoms with Crippen molar-refractivity contribution in [2.45, 2.75) is 71.5 Å².